The highest BCUT2D eigenvalue weighted by Gasteiger charge is 2.36. The lowest BCUT2D eigenvalue weighted by Gasteiger charge is -2.08. The third-order valence-electron chi connectivity index (χ3n) is 1.69. The Morgan fingerprint density at radius 2 is 1.76 bits per heavy atom. The maximum absolute atomic E-state index is 10.7. The summed E-state index contributed by atoms with van der Waals surface area (Å²) in [6.45, 7) is 0. The van der Waals surface area contributed by atoms with Crippen LogP contribution in [0.2, 0.25) is 0 Å². The summed E-state index contributed by atoms with van der Waals surface area (Å²) in [6.07, 6.45) is 7.82. The smallest absolute Gasteiger partial charge is 0.485 e. The highest BCUT2D eigenvalue weighted by Crippen LogP contribution is 2.20. The highest BCUT2D eigenvalue weighted by molar-refractivity contribution is 7.86. The maximum Gasteiger partial charge on any atom is 0.485 e. The maximum atomic E-state index is 10.7. The zero-order valence-corrected chi connectivity index (χ0v) is 8.97. The minimum absolute atomic E-state index is 1.22. The van der Waals surface area contributed by atoms with Crippen LogP contribution in [0.4, 0.5) is 13.2 Å². The summed E-state index contributed by atoms with van der Waals surface area (Å²) in [5.74, 6) is 0. The normalized spacial score (nSPS) is 12.0. The number of alkyl halides is 3. The number of nitrogens with one attached hydrogen (secondary N) is 2. The summed E-state index contributed by atoms with van der Waals surface area (Å²) in [4.78, 5) is 6.02. The molecule has 2 rings (SSSR count). The summed E-state index contributed by atoms with van der Waals surface area (Å²) in [7, 11) is -6.09. The molecule has 2 heterocycles. The van der Waals surface area contributed by atoms with Crippen LogP contribution in [0.25, 0.3) is 10.8 Å². The van der Waals surface area contributed by atoms with E-state index in [1.165, 1.54) is 10.8 Å². The molecule has 0 atom stereocenters. The number of halogens is 3. The molecule has 0 saturated heterocycles. The van der Waals surface area contributed by atoms with Gasteiger partial charge < -0.3 is 9.54 Å². The second-order valence-corrected chi connectivity index (χ2v) is 4.28. The van der Waals surface area contributed by atoms with E-state index in [9.17, 15) is 13.2 Å². The quantitative estimate of drug-likeness (QED) is 0.572. The Kier molecular flexibility index (Phi) is 3.73. The monoisotopic (exact) mass is 268 g/mol. The van der Waals surface area contributed by atoms with Gasteiger partial charge in [0.2, 0.25) is 0 Å². The molecule has 2 aromatic heterocycles. The number of hydrogen-bond acceptors (Lipinski definition) is 3. The Morgan fingerprint density at radius 1 is 1.24 bits per heavy atom. The van der Waals surface area contributed by atoms with Crippen molar-refractivity contribution >= 4 is 20.9 Å². The second-order valence-electron chi connectivity index (χ2n) is 2.91. The van der Waals surface area contributed by atoms with Gasteiger partial charge in [0.25, 0.3) is 0 Å². The summed E-state index contributed by atoms with van der Waals surface area (Å²) < 4.78 is 58.9. The molecule has 0 aliphatic carbocycles. The van der Waals surface area contributed by atoms with Gasteiger partial charge in [-0.25, -0.2) is 13.4 Å². The van der Waals surface area contributed by atoms with E-state index in [2.05, 4.69) is 9.97 Å². The lowest BCUT2D eigenvalue weighted by atomic mass is 10.3. The summed E-state index contributed by atoms with van der Waals surface area (Å²) in [6, 6.07) is 2.03. The lowest BCUT2D eigenvalue weighted by Crippen LogP contribution is -2.21. The predicted octanol–water partition coefficient (Wildman–Crippen LogP) is 1.03. The van der Waals surface area contributed by atoms with E-state index in [0.29, 0.717) is 0 Å². The molecular formula is C8H7F3N2O3S. The van der Waals surface area contributed by atoms with Gasteiger partial charge in [0.15, 0.2) is 22.5 Å². The molecule has 0 bridgehead atoms. The van der Waals surface area contributed by atoms with Crippen LogP contribution in [0, 0.1) is 0 Å². The van der Waals surface area contributed by atoms with Crippen molar-refractivity contribution in [3.63, 3.8) is 0 Å². The summed E-state index contributed by atoms with van der Waals surface area (Å²) in [5, 5.41) is 2.46. The topological polar surface area (TPSA) is 87.1 Å². The summed E-state index contributed by atoms with van der Waals surface area (Å²) >= 11 is 0. The van der Waals surface area contributed by atoms with Crippen LogP contribution in [0.15, 0.2) is 30.9 Å². The fraction of sp³-hybridized carbons (Fsp3) is 0.125. The zero-order valence-electron chi connectivity index (χ0n) is 8.15. The van der Waals surface area contributed by atoms with Crippen LogP contribution in [-0.2, 0) is 10.1 Å². The van der Waals surface area contributed by atoms with Crippen LogP contribution in [0.3, 0.4) is 0 Å². The number of pyridine rings is 1. The van der Waals surface area contributed by atoms with E-state index in [4.69, 9.17) is 13.0 Å². The van der Waals surface area contributed by atoms with Gasteiger partial charge in [0.1, 0.15) is 0 Å². The van der Waals surface area contributed by atoms with Gasteiger partial charge >= 0.3 is 5.51 Å². The number of aromatic amines is 2. The molecule has 0 unspecified atom stereocenters. The first-order chi connectivity index (χ1) is 7.72. The highest BCUT2D eigenvalue weighted by atomic mass is 32.2. The van der Waals surface area contributed by atoms with Gasteiger partial charge in [0, 0.05) is 23.8 Å². The van der Waals surface area contributed by atoms with Gasteiger partial charge in [0.05, 0.1) is 5.39 Å². The molecule has 9 heteroatoms. The van der Waals surface area contributed by atoms with Crippen LogP contribution >= 0.6 is 0 Å². The van der Waals surface area contributed by atoms with Crippen LogP contribution in [-0.4, -0.2) is 23.5 Å². The lowest BCUT2D eigenvalue weighted by molar-refractivity contribution is -0.375. The third kappa shape index (κ3) is 3.71. The largest absolute Gasteiger partial charge is 0.741 e. The Bertz CT molecular complexity index is 561. The summed E-state index contributed by atoms with van der Waals surface area (Å²) in [5.41, 5.74) is -5.65. The number of hydrogen-bond donors (Lipinski definition) is 1. The van der Waals surface area contributed by atoms with Crippen LogP contribution < -0.4 is 4.98 Å². The molecule has 17 heavy (non-hydrogen) atoms. The average molecular weight is 268 g/mol. The van der Waals surface area contributed by atoms with Gasteiger partial charge in [-0.15, -0.1) is 0 Å². The van der Waals surface area contributed by atoms with Gasteiger partial charge in [-0.05, 0) is 0 Å². The van der Waals surface area contributed by atoms with Gasteiger partial charge in [-0.3, -0.25) is 0 Å². The molecule has 0 saturated carbocycles. The minimum Gasteiger partial charge on any atom is -0.741 e. The molecule has 5 nitrogen and oxygen atoms in total. The number of fused-ring (bicyclic) bond motifs is 1. The molecule has 0 fully saturated rings. The Hall–Kier alpha value is -1.61. The third-order valence-corrected chi connectivity index (χ3v) is 2.26. The Morgan fingerprint density at radius 3 is 2.24 bits per heavy atom. The van der Waals surface area contributed by atoms with Crippen LogP contribution in [0.1, 0.15) is 0 Å². The van der Waals surface area contributed by atoms with E-state index < -0.39 is 15.6 Å². The first-order valence-corrected chi connectivity index (χ1v) is 5.57. The molecule has 0 aliphatic rings. The molecule has 94 valence electrons. The van der Waals surface area contributed by atoms with Gasteiger partial charge in [-0.1, -0.05) is 0 Å². The molecule has 0 radical (unpaired) electrons. The molecule has 0 spiro atoms. The molecular weight excluding hydrogens is 261 g/mol. The fourth-order valence-electron chi connectivity index (χ4n) is 0.933. The van der Waals surface area contributed by atoms with Crippen molar-refractivity contribution in [2.75, 3.05) is 0 Å². The van der Waals surface area contributed by atoms with Crippen molar-refractivity contribution < 1.29 is 31.1 Å². The fourth-order valence-corrected chi connectivity index (χ4v) is 0.933. The van der Waals surface area contributed by atoms with Crippen molar-refractivity contribution in [3.8, 4) is 0 Å². The van der Waals surface area contributed by atoms with Crippen molar-refractivity contribution in [3.05, 3.63) is 30.9 Å². The van der Waals surface area contributed by atoms with Crippen molar-refractivity contribution in [1.29, 1.82) is 0 Å². The second kappa shape index (κ2) is 4.72. The van der Waals surface area contributed by atoms with Crippen molar-refractivity contribution in [2.45, 2.75) is 5.51 Å². The zero-order chi connectivity index (χ0) is 13.1. The molecule has 0 aliphatic heterocycles. The molecule has 0 aromatic carbocycles. The van der Waals surface area contributed by atoms with E-state index in [-0.39, 0.29) is 0 Å². The standard InChI is InChI=1S/C7H6N2.CHF3O3S/c1-2-8-4-7-5-9-3-6(1)7;2-1(3,4)8(5,6)7/h1-5,9H;(H,5,6,7). The van der Waals surface area contributed by atoms with Crippen molar-refractivity contribution in [2.24, 2.45) is 0 Å². The van der Waals surface area contributed by atoms with E-state index in [1.807, 2.05) is 30.9 Å². The molecule has 2 N–H and O–H groups in total. The number of aromatic nitrogens is 2. The van der Waals surface area contributed by atoms with Gasteiger partial charge in [-0.2, -0.15) is 13.2 Å². The molecule has 0 amide bonds. The van der Waals surface area contributed by atoms with E-state index in [0.717, 1.165) is 0 Å². The predicted molar refractivity (Wildman–Crippen MR) is 50.6 cm³/mol. The minimum atomic E-state index is -6.09. The van der Waals surface area contributed by atoms with Crippen LogP contribution in [0.5, 0.6) is 0 Å². The number of H-pyrrole nitrogens is 2. The Balaban J connectivity index is 0.000000172. The van der Waals surface area contributed by atoms with Crippen molar-refractivity contribution in [1.82, 2.24) is 4.98 Å². The van der Waals surface area contributed by atoms with E-state index >= 15 is 0 Å². The van der Waals surface area contributed by atoms with E-state index in [1.54, 1.807) is 0 Å². The average Bonchev–Trinajstić information content (AvgIpc) is 2.62. The molecule has 2 aromatic rings. The first kappa shape index (κ1) is 13.5. The Labute approximate surface area is 94.0 Å². The number of rotatable bonds is 0. The SMILES string of the molecule is O=S(=O)([O-])C(F)(F)F.c1cc2c[nH]cc2c[nH+]1. The first-order valence-electron chi connectivity index (χ1n) is 4.16.